The zero-order valence-corrected chi connectivity index (χ0v) is 17.6. The van der Waals surface area contributed by atoms with Crippen molar-refractivity contribution in [1.29, 1.82) is 0 Å². The zero-order chi connectivity index (χ0) is 20.9. The maximum Gasteiger partial charge on any atom is 0.317 e. The van der Waals surface area contributed by atoms with Gasteiger partial charge in [0.1, 0.15) is 11.6 Å². The second kappa shape index (κ2) is 9.32. The molecule has 160 valence electrons. The predicted molar refractivity (Wildman–Crippen MR) is 117 cm³/mol. The first-order valence-corrected chi connectivity index (χ1v) is 10.8. The highest BCUT2D eigenvalue weighted by Crippen LogP contribution is 2.22. The van der Waals surface area contributed by atoms with E-state index in [9.17, 15) is 9.18 Å². The topological polar surface area (TPSA) is 51.7 Å². The Morgan fingerprint density at radius 3 is 2.43 bits per heavy atom. The molecule has 0 saturated carbocycles. The molecule has 1 aromatic heterocycles. The van der Waals surface area contributed by atoms with Crippen molar-refractivity contribution in [3.8, 4) is 0 Å². The van der Waals surface area contributed by atoms with Crippen LogP contribution in [0.4, 0.5) is 20.7 Å². The molecule has 2 saturated heterocycles. The van der Waals surface area contributed by atoms with Gasteiger partial charge in [-0.15, -0.1) is 0 Å². The number of carbonyl (C=O) groups is 1. The smallest absolute Gasteiger partial charge is 0.317 e. The van der Waals surface area contributed by atoms with Crippen molar-refractivity contribution in [2.75, 3.05) is 49.1 Å². The van der Waals surface area contributed by atoms with Crippen molar-refractivity contribution >= 4 is 17.5 Å². The standard InChI is InChI=1S/C23H30FN5O/c1-18-8-10-28(11-9-18)22-7-6-19(16-25-22)17-26-23(30)29-14-12-27(13-15-29)21-5-3-2-4-20(21)24/h2-7,16,18H,8-15,17H2,1H3,(H,26,30). The Labute approximate surface area is 177 Å². The molecule has 0 atom stereocenters. The van der Waals surface area contributed by atoms with E-state index in [1.165, 1.54) is 18.9 Å². The SMILES string of the molecule is CC1CCN(c2ccc(CNC(=O)N3CCN(c4ccccc4F)CC3)cn2)CC1. The van der Waals surface area contributed by atoms with Gasteiger partial charge in [0.25, 0.3) is 0 Å². The number of piperazine rings is 1. The summed E-state index contributed by atoms with van der Waals surface area (Å²) in [4.78, 5) is 23.2. The Kier molecular flexibility index (Phi) is 6.35. The van der Waals surface area contributed by atoms with Gasteiger partial charge < -0.3 is 20.0 Å². The predicted octanol–water partition coefficient (Wildman–Crippen LogP) is 3.49. The molecule has 1 N–H and O–H groups in total. The zero-order valence-electron chi connectivity index (χ0n) is 17.6. The Morgan fingerprint density at radius 2 is 1.77 bits per heavy atom. The molecular formula is C23H30FN5O. The van der Waals surface area contributed by atoms with Crippen molar-refractivity contribution in [2.24, 2.45) is 5.92 Å². The highest BCUT2D eigenvalue weighted by atomic mass is 19.1. The average Bonchev–Trinajstić information content (AvgIpc) is 2.79. The van der Waals surface area contributed by atoms with E-state index < -0.39 is 0 Å². The number of pyridine rings is 1. The van der Waals surface area contributed by atoms with Gasteiger partial charge in [0.05, 0.1) is 5.69 Å². The summed E-state index contributed by atoms with van der Waals surface area (Å²) in [5.74, 6) is 1.59. The van der Waals surface area contributed by atoms with E-state index >= 15 is 0 Å². The van der Waals surface area contributed by atoms with Gasteiger partial charge in [0.2, 0.25) is 0 Å². The molecule has 3 heterocycles. The quantitative estimate of drug-likeness (QED) is 0.837. The van der Waals surface area contributed by atoms with Crippen LogP contribution in [0.3, 0.4) is 0 Å². The first-order valence-electron chi connectivity index (χ1n) is 10.8. The lowest BCUT2D eigenvalue weighted by atomic mass is 9.99. The summed E-state index contributed by atoms with van der Waals surface area (Å²) in [6, 6.07) is 10.8. The summed E-state index contributed by atoms with van der Waals surface area (Å²) < 4.78 is 14.0. The number of rotatable bonds is 4. The van der Waals surface area contributed by atoms with E-state index in [0.717, 1.165) is 30.4 Å². The number of anilines is 2. The van der Waals surface area contributed by atoms with Crippen molar-refractivity contribution in [2.45, 2.75) is 26.3 Å². The number of hydrogen-bond donors (Lipinski definition) is 1. The maximum atomic E-state index is 14.0. The number of nitrogens with one attached hydrogen (secondary N) is 1. The molecule has 2 aromatic rings. The molecule has 7 heteroatoms. The maximum absolute atomic E-state index is 14.0. The van der Waals surface area contributed by atoms with Crippen molar-refractivity contribution in [3.05, 3.63) is 54.0 Å². The Morgan fingerprint density at radius 1 is 1.03 bits per heavy atom. The normalized spacial score (nSPS) is 17.9. The van der Waals surface area contributed by atoms with Gasteiger partial charge in [-0.05, 0) is 42.5 Å². The molecule has 0 spiro atoms. The summed E-state index contributed by atoms with van der Waals surface area (Å²) in [6.07, 6.45) is 4.27. The van der Waals surface area contributed by atoms with Crippen molar-refractivity contribution in [3.63, 3.8) is 0 Å². The number of para-hydroxylation sites is 1. The van der Waals surface area contributed by atoms with Gasteiger partial charge in [-0.25, -0.2) is 14.2 Å². The van der Waals surface area contributed by atoms with Gasteiger partial charge >= 0.3 is 6.03 Å². The number of nitrogens with zero attached hydrogens (tertiary/aromatic N) is 4. The third kappa shape index (κ3) is 4.83. The fraction of sp³-hybridized carbons (Fsp3) is 0.478. The molecule has 0 bridgehead atoms. The molecule has 2 fully saturated rings. The van der Waals surface area contributed by atoms with Crippen LogP contribution >= 0.6 is 0 Å². The van der Waals surface area contributed by atoms with Crippen LogP contribution in [-0.4, -0.2) is 55.2 Å². The second-order valence-electron chi connectivity index (χ2n) is 8.28. The van der Waals surface area contributed by atoms with E-state index in [1.54, 1.807) is 17.0 Å². The summed E-state index contributed by atoms with van der Waals surface area (Å²) in [5.41, 5.74) is 1.59. The third-order valence-corrected chi connectivity index (χ3v) is 6.12. The summed E-state index contributed by atoms with van der Waals surface area (Å²) in [7, 11) is 0. The lowest BCUT2D eigenvalue weighted by Gasteiger charge is -2.36. The van der Waals surface area contributed by atoms with Crippen LogP contribution in [0.1, 0.15) is 25.3 Å². The third-order valence-electron chi connectivity index (χ3n) is 6.12. The minimum absolute atomic E-state index is 0.0859. The molecule has 6 nitrogen and oxygen atoms in total. The van der Waals surface area contributed by atoms with Crippen LogP contribution < -0.4 is 15.1 Å². The van der Waals surface area contributed by atoms with Crippen LogP contribution in [0.5, 0.6) is 0 Å². The van der Waals surface area contributed by atoms with Crippen molar-refractivity contribution in [1.82, 2.24) is 15.2 Å². The lowest BCUT2D eigenvalue weighted by molar-refractivity contribution is 0.194. The van der Waals surface area contributed by atoms with Crippen LogP contribution in [0.15, 0.2) is 42.6 Å². The van der Waals surface area contributed by atoms with Gasteiger partial charge in [0.15, 0.2) is 0 Å². The van der Waals surface area contributed by atoms with Gasteiger partial charge in [-0.3, -0.25) is 0 Å². The van der Waals surface area contributed by atoms with Gasteiger partial charge in [-0.2, -0.15) is 0 Å². The number of halogens is 1. The summed E-state index contributed by atoms with van der Waals surface area (Å²) in [6.45, 7) is 7.27. The molecular weight excluding hydrogens is 381 g/mol. The minimum atomic E-state index is -0.217. The minimum Gasteiger partial charge on any atom is -0.366 e. The van der Waals surface area contributed by atoms with E-state index in [-0.39, 0.29) is 11.8 Å². The number of amides is 2. The van der Waals surface area contributed by atoms with E-state index in [0.29, 0.717) is 38.4 Å². The lowest BCUT2D eigenvalue weighted by Crippen LogP contribution is -2.51. The number of urea groups is 1. The highest BCUT2D eigenvalue weighted by molar-refractivity contribution is 5.74. The molecule has 2 aliphatic heterocycles. The number of benzene rings is 1. The molecule has 2 aliphatic rings. The number of carbonyl (C=O) groups excluding carboxylic acids is 1. The molecule has 4 rings (SSSR count). The Balaban J connectivity index is 1.24. The monoisotopic (exact) mass is 411 g/mol. The molecule has 0 unspecified atom stereocenters. The van der Waals surface area contributed by atoms with Gasteiger partial charge in [0, 0.05) is 52.0 Å². The molecule has 1 aromatic carbocycles. The van der Waals surface area contributed by atoms with E-state index in [2.05, 4.69) is 22.1 Å². The van der Waals surface area contributed by atoms with Gasteiger partial charge in [-0.1, -0.05) is 25.1 Å². The molecule has 30 heavy (non-hydrogen) atoms. The van der Waals surface area contributed by atoms with E-state index in [4.69, 9.17) is 0 Å². The Hall–Kier alpha value is -2.83. The van der Waals surface area contributed by atoms with Crippen LogP contribution in [0.25, 0.3) is 0 Å². The largest absolute Gasteiger partial charge is 0.366 e. The molecule has 0 radical (unpaired) electrons. The van der Waals surface area contributed by atoms with E-state index in [1.807, 2.05) is 29.3 Å². The Bertz CT molecular complexity index is 843. The number of hydrogen-bond acceptors (Lipinski definition) is 4. The average molecular weight is 412 g/mol. The first kappa shape index (κ1) is 20.4. The fourth-order valence-electron chi connectivity index (χ4n) is 4.09. The van der Waals surface area contributed by atoms with Crippen LogP contribution in [0, 0.1) is 11.7 Å². The first-order chi connectivity index (χ1) is 14.6. The van der Waals surface area contributed by atoms with Crippen molar-refractivity contribution < 1.29 is 9.18 Å². The fourth-order valence-corrected chi connectivity index (χ4v) is 4.09. The van der Waals surface area contributed by atoms with Crippen LogP contribution in [-0.2, 0) is 6.54 Å². The molecule has 0 aliphatic carbocycles. The summed E-state index contributed by atoms with van der Waals surface area (Å²) in [5, 5.41) is 2.98. The number of aromatic nitrogens is 1. The van der Waals surface area contributed by atoms with Crippen LogP contribution in [0.2, 0.25) is 0 Å². The number of piperidine rings is 1. The second-order valence-corrected chi connectivity index (χ2v) is 8.28. The highest BCUT2D eigenvalue weighted by Gasteiger charge is 2.22. The summed E-state index contributed by atoms with van der Waals surface area (Å²) >= 11 is 0. The molecule has 2 amide bonds.